The summed E-state index contributed by atoms with van der Waals surface area (Å²) in [7, 11) is 0. The van der Waals surface area contributed by atoms with Gasteiger partial charge in [-0.2, -0.15) is 0 Å². The number of thiazole rings is 1. The van der Waals surface area contributed by atoms with Gasteiger partial charge in [0.15, 0.2) is 6.61 Å². The van der Waals surface area contributed by atoms with Gasteiger partial charge in [-0.15, -0.1) is 11.8 Å². The molecule has 4 N–H and O–H groups in total. The Balaban J connectivity index is 1.21. The number of H-pyrrole nitrogens is 1. The van der Waals surface area contributed by atoms with Gasteiger partial charge in [0.05, 0.1) is 23.3 Å². The summed E-state index contributed by atoms with van der Waals surface area (Å²) >= 11 is 6.25. The summed E-state index contributed by atoms with van der Waals surface area (Å²) < 4.78 is 6.87. The lowest BCUT2D eigenvalue weighted by Gasteiger charge is -2.43. The SMILES string of the molecule is O=C(O)CCN1C(=O)C2C3CC(C2C1=O)C1C3Sc2[nH]c(=O)sc2[C@@H]1c1cc(Br)ccc1OCC(=O)Nc1ccc(O)cc1. The summed E-state index contributed by atoms with van der Waals surface area (Å²) in [5, 5.41) is 22.1. The van der Waals surface area contributed by atoms with E-state index in [1.165, 1.54) is 12.1 Å². The van der Waals surface area contributed by atoms with Crippen LogP contribution in [0, 0.1) is 29.6 Å². The van der Waals surface area contributed by atoms with Crippen molar-refractivity contribution in [2.24, 2.45) is 29.6 Å². The molecule has 3 heterocycles. The first-order valence-electron chi connectivity index (χ1n) is 14.1. The molecule has 14 heteroatoms. The zero-order chi connectivity index (χ0) is 30.9. The second kappa shape index (κ2) is 11.1. The van der Waals surface area contributed by atoms with Crippen LogP contribution in [0.1, 0.15) is 29.2 Å². The number of anilines is 1. The molecule has 3 amide bonds. The van der Waals surface area contributed by atoms with E-state index in [0.717, 1.165) is 36.2 Å². The Kier molecular flexibility index (Phi) is 7.33. The first kappa shape index (κ1) is 29.1. The predicted octanol–water partition coefficient (Wildman–Crippen LogP) is 3.87. The highest BCUT2D eigenvalue weighted by atomic mass is 79.9. The number of thioether (sulfide) groups is 1. The number of aromatic nitrogens is 1. The molecule has 228 valence electrons. The number of likely N-dealkylation sites (tertiary alicyclic amines) is 1. The first-order chi connectivity index (χ1) is 21.1. The van der Waals surface area contributed by atoms with Crippen molar-refractivity contribution in [3.8, 4) is 11.5 Å². The van der Waals surface area contributed by atoms with Crippen LogP contribution in [-0.2, 0) is 19.2 Å². The number of nitrogens with one attached hydrogen (secondary N) is 2. The average Bonchev–Trinajstić information content (AvgIpc) is 3.71. The molecule has 2 saturated carbocycles. The van der Waals surface area contributed by atoms with Crippen molar-refractivity contribution >= 4 is 68.4 Å². The third kappa shape index (κ3) is 4.83. The van der Waals surface area contributed by atoms with Crippen molar-refractivity contribution < 1.29 is 34.1 Å². The minimum absolute atomic E-state index is 0.0511. The number of amides is 3. The number of carbonyl (C=O) groups is 4. The summed E-state index contributed by atoms with van der Waals surface area (Å²) in [6, 6.07) is 11.6. The van der Waals surface area contributed by atoms with Crippen LogP contribution < -0.4 is 14.9 Å². The van der Waals surface area contributed by atoms with Crippen LogP contribution in [-0.4, -0.2) is 62.2 Å². The number of carboxylic acids is 1. The van der Waals surface area contributed by atoms with Crippen molar-refractivity contribution in [1.82, 2.24) is 9.88 Å². The third-order valence-corrected chi connectivity index (χ3v) is 12.3. The molecule has 2 aromatic carbocycles. The number of rotatable bonds is 8. The fourth-order valence-corrected chi connectivity index (χ4v) is 10.9. The molecular weight excluding hydrogens is 674 g/mol. The molecule has 7 rings (SSSR count). The number of aliphatic carboxylic acids is 1. The smallest absolute Gasteiger partial charge is 0.305 e. The maximum Gasteiger partial charge on any atom is 0.305 e. The van der Waals surface area contributed by atoms with Gasteiger partial charge < -0.3 is 25.3 Å². The molecule has 6 unspecified atom stereocenters. The standard InChI is InChI=1S/C30H26BrN3O8S2/c31-12-1-6-18(42-11-19(36)32-13-2-4-14(35)5-3-13)15(9-12)21-22-16-10-17(25(22)43-27-26(21)44-30(41)33-27)24-23(16)28(39)34(29(24)40)8-7-20(37)38/h1-6,9,16-17,21-25,35H,7-8,10-11H2,(H,32,36)(H,33,41)(H,37,38)/t16?,17?,21-,22?,23?,24?,25?/m1/s1. The number of hydrogen-bond acceptors (Lipinski definition) is 9. The zero-order valence-electron chi connectivity index (χ0n) is 22.9. The van der Waals surface area contributed by atoms with Crippen molar-refractivity contribution in [3.05, 3.63) is 67.0 Å². The van der Waals surface area contributed by atoms with Crippen LogP contribution in [0.4, 0.5) is 5.69 Å². The number of nitrogens with zero attached hydrogens (tertiary/aromatic N) is 1. The number of halogens is 1. The van der Waals surface area contributed by atoms with Crippen LogP contribution in [0.5, 0.6) is 11.5 Å². The van der Waals surface area contributed by atoms with E-state index < -0.39 is 23.7 Å². The van der Waals surface area contributed by atoms with Gasteiger partial charge in [0.25, 0.3) is 5.91 Å². The van der Waals surface area contributed by atoms with E-state index >= 15 is 0 Å². The molecule has 4 aliphatic rings. The molecule has 3 aromatic rings. The molecule has 1 saturated heterocycles. The van der Waals surface area contributed by atoms with E-state index in [4.69, 9.17) is 4.74 Å². The zero-order valence-corrected chi connectivity index (χ0v) is 26.1. The number of aromatic hydroxyl groups is 1. The first-order valence-corrected chi connectivity index (χ1v) is 16.6. The highest BCUT2D eigenvalue weighted by Crippen LogP contribution is 2.69. The summed E-state index contributed by atoms with van der Waals surface area (Å²) in [5.41, 5.74) is 1.28. The van der Waals surface area contributed by atoms with E-state index in [2.05, 4.69) is 26.2 Å². The number of ether oxygens (including phenoxy) is 1. The van der Waals surface area contributed by atoms with Gasteiger partial charge in [0, 0.05) is 38.3 Å². The van der Waals surface area contributed by atoms with Crippen LogP contribution in [0.2, 0.25) is 0 Å². The Morgan fingerprint density at radius 1 is 1.07 bits per heavy atom. The summed E-state index contributed by atoms with van der Waals surface area (Å²) in [6.45, 7) is -0.425. The van der Waals surface area contributed by atoms with Gasteiger partial charge in [-0.3, -0.25) is 28.9 Å². The number of fused-ring (bicyclic) bond motifs is 9. The minimum atomic E-state index is -1.07. The molecule has 2 aliphatic heterocycles. The number of imide groups is 1. The average molecular weight is 701 g/mol. The van der Waals surface area contributed by atoms with Crippen LogP contribution >= 0.6 is 39.0 Å². The fourth-order valence-electron chi connectivity index (χ4n) is 7.63. The largest absolute Gasteiger partial charge is 0.508 e. The lowest BCUT2D eigenvalue weighted by atomic mass is 9.68. The molecule has 11 nitrogen and oxygen atoms in total. The lowest BCUT2D eigenvalue weighted by molar-refractivity contribution is -0.142. The molecule has 1 aromatic heterocycles. The summed E-state index contributed by atoms with van der Waals surface area (Å²) in [4.78, 5) is 68.4. The van der Waals surface area contributed by atoms with Gasteiger partial charge in [-0.05, 0) is 66.6 Å². The monoisotopic (exact) mass is 699 g/mol. The topological polar surface area (TPSA) is 166 Å². The summed E-state index contributed by atoms with van der Waals surface area (Å²) in [6.07, 6.45) is 0.394. The molecule has 0 spiro atoms. The van der Waals surface area contributed by atoms with Crippen LogP contribution in [0.15, 0.2) is 56.8 Å². The molecule has 7 atom stereocenters. The van der Waals surface area contributed by atoms with E-state index in [0.29, 0.717) is 17.9 Å². The maximum atomic E-state index is 13.6. The molecule has 2 bridgehead atoms. The Labute approximate surface area is 267 Å². The van der Waals surface area contributed by atoms with E-state index in [1.54, 1.807) is 30.0 Å². The fraction of sp³-hybridized carbons (Fsp3) is 0.367. The highest BCUT2D eigenvalue weighted by molar-refractivity contribution is 9.10. The molecule has 44 heavy (non-hydrogen) atoms. The Morgan fingerprint density at radius 3 is 2.52 bits per heavy atom. The van der Waals surface area contributed by atoms with Gasteiger partial charge in [0.2, 0.25) is 11.8 Å². The third-order valence-electron chi connectivity index (χ3n) is 9.18. The molecule has 2 aliphatic carbocycles. The van der Waals surface area contributed by atoms with E-state index in [1.807, 2.05) is 12.1 Å². The van der Waals surface area contributed by atoms with Gasteiger partial charge in [-0.25, -0.2) is 0 Å². The highest BCUT2D eigenvalue weighted by Gasteiger charge is 2.69. The minimum Gasteiger partial charge on any atom is -0.508 e. The normalized spacial score (nSPS) is 28.0. The van der Waals surface area contributed by atoms with Gasteiger partial charge in [-0.1, -0.05) is 27.3 Å². The predicted molar refractivity (Wildman–Crippen MR) is 164 cm³/mol. The van der Waals surface area contributed by atoms with Crippen LogP contribution in [0.3, 0.4) is 0 Å². The maximum absolute atomic E-state index is 13.6. The molecule has 0 radical (unpaired) electrons. The number of aromatic amines is 1. The summed E-state index contributed by atoms with van der Waals surface area (Å²) in [5.74, 6) is -3.21. The second-order valence-corrected chi connectivity index (χ2v) is 14.6. The Morgan fingerprint density at radius 2 is 1.80 bits per heavy atom. The number of benzene rings is 2. The van der Waals surface area contributed by atoms with Gasteiger partial charge in [0.1, 0.15) is 11.5 Å². The van der Waals surface area contributed by atoms with Crippen molar-refractivity contribution in [2.45, 2.75) is 29.0 Å². The Hall–Kier alpha value is -3.62. The number of phenols is 1. The molecular formula is C30H26BrN3O8S2. The Bertz CT molecular complexity index is 1760. The van der Waals surface area contributed by atoms with Gasteiger partial charge >= 0.3 is 10.8 Å². The van der Waals surface area contributed by atoms with Crippen molar-refractivity contribution in [2.75, 3.05) is 18.5 Å². The van der Waals surface area contributed by atoms with Crippen molar-refractivity contribution in [3.63, 3.8) is 0 Å². The lowest BCUT2D eigenvalue weighted by Crippen LogP contribution is -2.42. The number of hydrogen-bond donors (Lipinski definition) is 4. The number of carboxylic acid groups (broad SMARTS) is 1. The number of phenolic OH excluding ortho intramolecular Hbond substituents is 1. The van der Waals surface area contributed by atoms with Crippen LogP contribution in [0.25, 0.3) is 0 Å². The van der Waals surface area contributed by atoms with E-state index in [-0.39, 0.29) is 70.9 Å². The second-order valence-electron chi connectivity index (χ2n) is 11.5. The quantitative estimate of drug-likeness (QED) is 0.202. The number of carbonyl (C=O) groups excluding carboxylic acids is 3. The molecule has 3 fully saturated rings. The van der Waals surface area contributed by atoms with Crippen molar-refractivity contribution in [1.29, 1.82) is 0 Å². The van der Waals surface area contributed by atoms with E-state index in [9.17, 15) is 34.2 Å².